The molecule has 0 atom stereocenters. The number of carbonyl (C=O) groups excluding carboxylic acids is 1. The van der Waals surface area contributed by atoms with E-state index in [1.807, 2.05) is 11.8 Å². The van der Waals surface area contributed by atoms with E-state index in [4.69, 9.17) is 9.37 Å². The van der Waals surface area contributed by atoms with Gasteiger partial charge in [-0.25, -0.2) is 4.63 Å². The fourth-order valence-electron chi connectivity index (χ4n) is 4.52. The van der Waals surface area contributed by atoms with E-state index < -0.39 is 0 Å². The second-order valence-corrected chi connectivity index (χ2v) is 8.81. The van der Waals surface area contributed by atoms with E-state index in [0.717, 1.165) is 68.4 Å². The first-order valence-electron chi connectivity index (χ1n) is 9.97. The maximum atomic E-state index is 13.2. The standard InChI is InChI=1S/C19H25N5O3S.ClH/c1-13-17(22-27-21-13)23-7-9-24(10-8-23)18(25)15-12-14-2-11-26-19(16(14)28-15)3-5-20-6-4-19;/h12,20H,2-11H2,1H3;1H. The van der Waals surface area contributed by atoms with Crippen molar-refractivity contribution in [2.45, 2.75) is 31.8 Å². The van der Waals surface area contributed by atoms with Gasteiger partial charge in [0.25, 0.3) is 5.91 Å². The first kappa shape index (κ1) is 20.6. The number of ether oxygens (including phenoxy) is 1. The van der Waals surface area contributed by atoms with Crippen molar-refractivity contribution in [3.8, 4) is 0 Å². The smallest absolute Gasteiger partial charge is 0.264 e. The SMILES string of the molecule is Cc1nonc1N1CCN(C(=O)c2cc3c(s2)C2(CCNCC2)OCC3)CC1.Cl. The van der Waals surface area contributed by atoms with E-state index in [2.05, 4.69) is 26.6 Å². The van der Waals surface area contributed by atoms with Crippen LogP contribution in [0.15, 0.2) is 10.7 Å². The van der Waals surface area contributed by atoms with Crippen LogP contribution in [-0.2, 0) is 16.8 Å². The van der Waals surface area contributed by atoms with Crippen LogP contribution in [0, 0.1) is 6.92 Å². The Morgan fingerprint density at radius 2 is 1.97 bits per heavy atom. The number of halogens is 1. The van der Waals surface area contributed by atoms with Gasteiger partial charge < -0.3 is 19.9 Å². The highest BCUT2D eigenvalue weighted by atomic mass is 35.5. The molecule has 5 rings (SSSR count). The lowest BCUT2D eigenvalue weighted by molar-refractivity contribution is -0.0771. The summed E-state index contributed by atoms with van der Waals surface area (Å²) in [6, 6.07) is 2.12. The normalized spacial score (nSPS) is 21.0. The van der Waals surface area contributed by atoms with Gasteiger partial charge >= 0.3 is 0 Å². The molecule has 0 aliphatic carbocycles. The number of piperidine rings is 1. The molecule has 0 saturated carbocycles. The molecule has 2 aromatic rings. The number of piperazine rings is 1. The fourth-order valence-corrected chi connectivity index (χ4v) is 5.90. The molecule has 3 aliphatic heterocycles. The molecule has 2 fully saturated rings. The Morgan fingerprint density at radius 3 is 2.66 bits per heavy atom. The summed E-state index contributed by atoms with van der Waals surface area (Å²) in [7, 11) is 0. The van der Waals surface area contributed by atoms with Crippen LogP contribution in [0.3, 0.4) is 0 Å². The third kappa shape index (κ3) is 3.65. The molecule has 158 valence electrons. The zero-order valence-electron chi connectivity index (χ0n) is 16.5. The van der Waals surface area contributed by atoms with Crippen LogP contribution in [0.4, 0.5) is 5.82 Å². The van der Waals surface area contributed by atoms with Crippen molar-refractivity contribution in [1.29, 1.82) is 0 Å². The summed E-state index contributed by atoms with van der Waals surface area (Å²) in [4.78, 5) is 19.4. The van der Waals surface area contributed by atoms with Gasteiger partial charge in [-0.15, -0.1) is 23.7 Å². The molecule has 0 bridgehead atoms. The lowest BCUT2D eigenvalue weighted by Crippen LogP contribution is -2.49. The van der Waals surface area contributed by atoms with Crippen molar-refractivity contribution in [3.63, 3.8) is 0 Å². The summed E-state index contributed by atoms with van der Waals surface area (Å²) in [5.74, 6) is 0.918. The molecule has 1 spiro atoms. The third-order valence-corrected chi connectivity index (χ3v) is 7.44. The minimum atomic E-state index is -0.182. The van der Waals surface area contributed by atoms with Crippen molar-refractivity contribution in [3.05, 3.63) is 27.1 Å². The van der Waals surface area contributed by atoms with E-state index in [-0.39, 0.29) is 23.9 Å². The monoisotopic (exact) mass is 439 g/mol. The number of amides is 1. The topological polar surface area (TPSA) is 83.7 Å². The van der Waals surface area contributed by atoms with Crippen LogP contribution in [0.2, 0.25) is 0 Å². The van der Waals surface area contributed by atoms with Crippen molar-refractivity contribution < 1.29 is 14.2 Å². The number of nitrogens with one attached hydrogen (secondary N) is 1. The number of hydrogen-bond donors (Lipinski definition) is 1. The molecule has 3 aliphatic rings. The number of anilines is 1. The van der Waals surface area contributed by atoms with Gasteiger partial charge in [-0.1, -0.05) is 5.16 Å². The average Bonchev–Trinajstić information content (AvgIpc) is 3.36. The highest BCUT2D eigenvalue weighted by molar-refractivity contribution is 7.14. The van der Waals surface area contributed by atoms with Gasteiger partial charge in [-0.2, -0.15) is 0 Å². The predicted molar refractivity (Wildman–Crippen MR) is 112 cm³/mol. The number of rotatable bonds is 2. The Morgan fingerprint density at radius 1 is 1.21 bits per heavy atom. The van der Waals surface area contributed by atoms with Crippen molar-refractivity contribution in [2.75, 3.05) is 50.8 Å². The number of fused-ring (bicyclic) bond motifs is 2. The van der Waals surface area contributed by atoms with Crippen LogP contribution in [0.25, 0.3) is 0 Å². The largest absolute Gasteiger partial charge is 0.369 e. The molecule has 0 unspecified atom stereocenters. The molecule has 1 N–H and O–H groups in total. The second-order valence-electron chi connectivity index (χ2n) is 7.76. The molecular weight excluding hydrogens is 414 g/mol. The highest BCUT2D eigenvalue weighted by Gasteiger charge is 2.41. The quantitative estimate of drug-likeness (QED) is 0.765. The number of nitrogens with zero attached hydrogens (tertiary/aromatic N) is 4. The van der Waals surface area contributed by atoms with Crippen LogP contribution in [-0.4, -0.2) is 67.0 Å². The molecular formula is C19H26ClN5O3S. The number of hydrogen-bond acceptors (Lipinski definition) is 8. The van der Waals surface area contributed by atoms with E-state index >= 15 is 0 Å². The first-order chi connectivity index (χ1) is 13.7. The molecule has 2 aromatic heterocycles. The Labute approximate surface area is 179 Å². The second kappa shape index (κ2) is 8.22. The van der Waals surface area contributed by atoms with Crippen molar-refractivity contribution in [2.24, 2.45) is 0 Å². The maximum absolute atomic E-state index is 13.2. The zero-order chi connectivity index (χ0) is 19.1. The highest BCUT2D eigenvalue weighted by Crippen LogP contribution is 2.44. The van der Waals surface area contributed by atoms with Gasteiger partial charge in [0.1, 0.15) is 11.3 Å². The van der Waals surface area contributed by atoms with E-state index in [0.29, 0.717) is 13.1 Å². The predicted octanol–water partition coefficient (Wildman–Crippen LogP) is 1.98. The van der Waals surface area contributed by atoms with Crippen molar-refractivity contribution in [1.82, 2.24) is 20.5 Å². The number of carbonyl (C=O) groups is 1. The van der Waals surface area contributed by atoms with Gasteiger partial charge in [0, 0.05) is 31.1 Å². The van der Waals surface area contributed by atoms with Gasteiger partial charge in [0.2, 0.25) is 0 Å². The number of aryl methyl sites for hydroxylation is 1. The molecule has 0 aromatic carbocycles. The van der Waals surface area contributed by atoms with Crippen LogP contribution < -0.4 is 10.2 Å². The molecule has 10 heteroatoms. The van der Waals surface area contributed by atoms with Gasteiger partial charge in [0.15, 0.2) is 5.82 Å². The first-order valence-corrected chi connectivity index (χ1v) is 10.8. The zero-order valence-corrected chi connectivity index (χ0v) is 18.1. The summed E-state index contributed by atoms with van der Waals surface area (Å²) in [5.41, 5.74) is 1.92. The van der Waals surface area contributed by atoms with Crippen LogP contribution >= 0.6 is 23.7 Å². The van der Waals surface area contributed by atoms with Crippen molar-refractivity contribution >= 4 is 35.5 Å². The maximum Gasteiger partial charge on any atom is 0.264 e. The van der Waals surface area contributed by atoms with Crippen LogP contribution in [0.1, 0.15) is 38.6 Å². The third-order valence-electron chi connectivity index (χ3n) is 6.09. The Bertz CT molecular complexity index is 871. The van der Waals surface area contributed by atoms with Gasteiger partial charge in [0.05, 0.1) is 11.5 Å². The molecule has 29 heavy (non-hydrogen) atoms. The molecule has 0 radical (unpaired) electrons. The van der Waals surface area contributed by atoms with E-state index in [9.17, 15) is 4.79 Å². The lowest BCUT2D eigenvalue weighted by atomic mass is 9.86. The summed E-state index contributed by atoms with van der Waals surface area (Å²) in [6.07, 6.45) is 2.87. The molecule has 8 nitrogen and oxygen atoms in total. The fraction of sp³-hybridized carbons (Fsp3) is 0.632. The van der Waals surface area contributed by atoms with Gasteiger partial charge in [-0.3, -0.25) is 4.79 Å². The molecule has 5 heterocycles. The van der Waals surface area contributed by atoms with E-state index in [1.165, 1.54) is 10.4 Å². The average molecular weight is 440 g/mol. The Balaban J connectivity index is 0.00000205. The Hall–Kier alpha value is -1.68. The summed E-state index contributed by atoms with van der Waals surface area (Å²) < 4.78 is 11.1. The number of aromatic nitrogens is 2. The lowest BCUT2D eigenvalue weighted by Gasteiger charge is -2.40. The summed E-state index contributed by atoms with van der Waals surface area (Å²) in [6.45, 7) is 7.42. The minimum Gasteiger partial charge on any atom is -0.369 e. The van der Waals surface area contributed by atoms with Crippen LogP contribution in [0.5, 0.6) is 0 Å². The summed E-state index contributed by atoms with van der Waals surface area (Å²) in [5, 5.41) is 11.2. The summed E-state index contributed by atoms with van der Waals surface area (Å²) >= 11 is 1.65. The number of thiophene rings is 1. The molecule has 2 saturated heterocycles. The van der Waals surface area contributed by atoms with Gasteiger partial charge in [-0.05, 0) is 56.1 Å². The Kier molecular flexibility index (Phi) is 5.83. The van der Waals surface area contributed by atoms with E-state index in [1.54, 1.807) is 11.3 Å². The molecule has 1 amide bonds. The minimum absolute atomic E-state index is 0.